The molecule has 1 unspecified atom stereocenters. The van der Waals surface area contributed by atoms with E-state index in [1.165, 1.54) is 51.5 Å². The van der Waals surface area contributed by atoms with Crippen LogP contribution in [0.5, 0.6) is 11.5 Å². The summed E-state index contributed by atoms with van der Waals surface area (Å²) in [7, 11) is -1.44. The number of carbonyl (C=O) groups excluding carboxylic acids is 1. The van der Waals surface area contributed by atoms with Crippen LogP contribution in [-0.4, -0.2) is 33.9 Å². The summed E-state index contributed by atoms with van der Waals surface area (Å²) in [5, 5.41) is -0.619. The lowest BCUT2D eigenvalue weighted by Gasteiger charge is -2.29. The molecule has 2 aromatic rings. The second kappa shape index (κ2) is 8.56. The maximum Gasteiger partial charge on any atom is 0.265 e. The predicted octanol–water partition coefficient (Wildman–Crippen LogP) is 4.36. The minimum absolute atomic E-state index is 0.0557. The highest BCUT2D eigenvalue weighted by Gasteiger charge is 2.35. The van der Waals surface area contributed by atoms with Crippen molar-refractivity contribution in [1.29, 1.82) is 0 Å². The Hall–Kier alpha value is -1.67. The Labute approximate surface area is 172 Å². The van der Waals surface area contributed by atoms with E-state index in [2.05, 4.69) is 0 Å². The van der Waals surface area contributed by atoms with Gasteiger partial charge < -0.3 is 9.47 Å². The molecule has 2 rings (SSSR count). The van der Waals surface area contributed by atoms with Crippen molar-refractivity contribution in [2.75, 3.05) is 18.5 Å². The van der Waals surface area contributed by atoms with Gasteiger partial charge in [-0.15, -0.1) is 0 Å². The summed E-state index contributed by atoms with van der Waals surface area (Å²) in [5.74, 6) is 0.582. The van der Waals surface area contributed by atoms with Crippen LogP contribution in [0, 0.1) is 0 Å². The number of anilines is 1. The highest BCUT2D eigenvalue weighted by molar-refractivity contribution is 7.93. The average molecular weight is 453 g/mol. The maximum atomic E-state index is 13.3. The molecule has 0 aliphatic rings. The van der Waals surface area contributed by atoms with Crippen molar-refractivity contribution in [3.8, 4) is 11.5 Å². The Balaban J connectivity index is 2.76. The first-order valence-electron chi connectivity index (χ1n) is 7.54. The van der Waals surface area contributed by atoms with Crippen LogP contribution in [0.4, 0.5) is 5.69 Å². The zero-order chi connectivity index (χ0) is 20.4. The Morgan fingerprint density at radius 1 is 1.04 bits per heavy atom. The second-order valence-corrected chi connectivity index (χ2v) is 8.40. The summed E-state index contributed by atoms with van der Waals surface area (Å²) in [6.07, 6.45) is 0. The van der Waals surface area contributed by atoms with E-state index in [-0.39, 0.29) is 26.4 Å². The van der Waals surface area contributed by atoms with Gasteiger partial charge in [0.2, 0.25) is 5.24 Å². The first-order chi connectivity index (χ1) is 12.6. The third kappa shape index (κ3) is 4.43. The third-order valence-corrected chi connectivity index (χ3v) is 6.69. The monoisotopic (exact) mass is 451 g/mol. The lowest BCUT2D eigenvalue weighted by molar-refractivity contribution is -0.112. The molecule has 0 N–H and O–H groups in total. The smallest absolute Gasteiger partial charge is 0.265 e. The van der Waals surface area contributed by atoms with E-state index in [0.717, 1.165) is 4.31 Å². The maximum absolute atomic E-state index is 13.3. The van der Waals surface area contributed by atoms with Gasteiger partial charge in [-0.2, -0.15) is 0 Å². The molecule has 0 amide bonds. The van der Waals surface area contributed by atoms with Crippen LogP contribution in [0.25, 0.3) is 0 Å². The van der Waals surface area contributed by atoms with Gasteiger partial charge in [-0.25, -0.2) is 8.42 Å². The van der Waals surface area contributed by atoms with Crippen molar-refractivity contribution >= 4 is 55.8 Å². The Morgan fingerprint density at radius 3 is 2.22 bits per heavy atom. The normalized spacial score (nSPS) is 12.4. The zero-order valence-electron chi connectivity index (χ0n) is 14.6. The molecule has 10 heteroatoms. The highest BCUT2D eigenvalue weighted by atomic mass is 35.5. The topological polar surface area (TPSA) is 72.9 Å². The van der Waals surface area contributed by atoms with Gasteiger partial charge >= 0.3 is 0 Å². The van der Waals surface area contributed by atoms with Crippen molar-refractivity contribution in [2.24, 2.45) is 0 Å². The fourth-order valence-corrected chi connectivity index (χ4v) is 4.52. The van der Waals surface area contributed by atoms with Gasteiger partial charge in [0.15, 0.2) is 0 Å². The van der Waals surface area contributed by atoms with E-state index in [1.807, 2.05) is 0 Å². The van der Waals surface area contributed by atoms with E-state index in [1.54, 1.807) is 6.07 Å². The minimum Gasteiger partial charge on any atom is -0.497 e. The molecule has 0 bridgehead atoms. The summed E-state index contributed by atoms with van der Waals surface area (Å²) in [4.78, 5) is 11.7. The van der Waals surface area contributed by atoms with Crippen LogP contribution in [0.2, 0.25) is 10.0 Å². The highest BCUT2D eigenvalue weighted by Crippen LogP contribution is 2.38. The van der Waals surface area contributed by atoms with E-state index in [4.69, 9.17) is 44.3 Å². The summed E-state index contributed by atoms with van der Waals surface area (Å²) in [6, 6.07) is 7.16. The first-order valence-corrected chi connectivity index (χ1v) is 10.1. The molecule has 0 radical (unpaired) electrons. The number of benzene rings is 2. The van der Waals surface area contributed by atoms with Crippen molar-refractivity contribution < 1.29 is 22.7 Å². The molecule has 0 aliphatic carbocycles. The van der Waals surface area contributed by atoms with E-state index >= 15 is 0 Å². The summed E-state index contributed by atoms with van der Waals surface area (Å²) >= 11 is 17.5. The number of ether oxygens (including phenoxy) is 2. The van der Waals surface area contributed by atoms with Crippen molar-refractivity contribution in [3.63, 3.8) is 0 Å². The molecule has 0 aromatic heterocycles. The molecule has 0 saturated heterocycles. The van der Waals surface area contributed by atoms with E-state index in [9.17, 15) is 13.2 Å². The molecule has 27 heavy (non-hydrogen) atoms. The van der Waals surface area contributed by atoms with Crippen molar-refractivity contribution in [3.05, 3.63) is 46.4 Å². The molecule has 0 heterocycles. The van der Waals surface area contributed by atoms with Gasteiger partial charge in [0.25, 0.3) is 10.0 Å². The number of halogens is 3. The standard InChI is InChI=1S/C17H16Cl3NO5S/c1-10(17(20)22)21(15-8-11(25-2)4-7-16(15)26-3)27(23,24)12-5-6-13(18)14(19)9-12/h4-10H,1-3H3. The number of methoxy groups -OCH3 is 2. The van der Waals surface area contributed by atoms with Gasteiger partial charge in [-0.3, -0.25) is 9.10 Å². The summed E-state index contributed by atoms with van der Waals surface area (Å²) in [5.41, 5.74) is 0.0874. The van der Waals surface area contributed by atoms with E-state index < -0.39 is 21.3 Å². The SMILES string of the molecule is COc1ccc(OC)c(N(C(C)C(=O)Cl)S(=O)(=O)c2ccc(Cl)c(Cl)c2)c1. The molecule has 2 aromatic carbocycles. The Morgan fingerprint density at radius 2 is 1.70 bits per heavy atom. The number of hydrogen-bond acceptors (Lipinski definition) is 5. The fraction of sp³-hybridized carbons (Fsp3) is 0.235. The average Bonchev–Trinajstić information content (AvgIpc) is 2.63. The quantitative estimate of drug-likeness (QED) is 0.584. The number of rotatable bonds is 7. The molecule has 146 valence electrons. The summed E-state index contributed by atoms with van der Waals surface area (Å²) < 4.78 is 37.9. The molecular formula is C17H16Cl3NO5S. The molecule has 0 saturated carbocycles. The third-order valence-electron chi connectivity index (χ3n) is 3.75. The minimum atomic E-state index is -4.25. The van der Waals surface area contributed by atoms with E-state index in [0.29, 0.717) is 5.75 Å². The number of nitrogens with zero attached hydrogens (tertiary/aromatic N) is 1. The van der Waals surface area contributed by atoms with Crippen LogP contribution in [0.15, 0.2) is 41.3 Å². The number of hydrogen-bond donors (Lipinski definition) is 0. The van der Waals surface area contributed by atoms with Crippen LogP contribution >= 0.6 is 34.8 Å². The van der Waals surface area contributed by atoms with Crippen molar-refractivity contribution in [2.45, 2.75) is 17.9 Å². The molecule has 0 spiro atoms. The predicted molar refractivity (Wildman–Crippen MR) is 106 cm³/mol. The molecule has 1 atom stereocenters. The largest absolute Gasteiger partial charge is 0.497 e. The van der Waals surface area contributed by atoms with Gasteiger partial charge in [0, 0.05) is 6.07 Å². The molecule has 0 aliphatic heterocycles. The van der Waals surface area contributed by atoms with Crippen LogP contribution in [-0.2, 0) is 14.8 Å². The zero-order valence-corrected chi connectivity index (χ0v) is 17.7. The van der Waals surface area contributed by atoms with Gasteiger partial charge in [0.05, 0.1) is 34.8 Å². The van der Waals surface area contributed by atoms with Crippen molar-refractivity contribution in [1.82, 2.24) is 0 Å². The Bertz CT molecular complexity index is 965. The second-order valence-electron chi connectivity index (χ2n) is 5.39. The number of sulfonamides is 1. The number of carbonyl (C=O) groups is 1. The fourth-order valence-electron chi connectivity index (χ4n) is 2.36. The lowest BCUT2D eigenvalue weighted by Crippen LogP contribution is -2.42. The Kier molecular flexibility index (Phi) is 6.86. The first kappa shape index (κ1) is 21.6. The van der Waals surface area contributed by atoms with Gasteiger partial charge in [-0.1, -0.05) is 23.2 Å². The van der Waals surface area contributed by atoms with Crippen LogP contribution < -0.4 is 13.8 Å². The van der Waals surface area contributed by atoms with Gasteiger partial charge in [-0.05, 0) is 48.9 Å². The lowest BCUT2D eigenvalue weighted by atomic mass is 10.2. The van der Waals surface area contributed by atoms with Crippen LogP contribution in [0.1, 0.15) is 6.92 Å². The molecule has 0 fully saturated rings. The molecular weight excluding hydrogens is 437 g/mol. The van der Waals surface area contributed by atoms with Gasteiger partial charge in [0.1, 0.15) is 17.5 Å². The molecule has 6 nitrogen and oxygen atoms in total. The summed E-state index contributed by atoms with van der Waals surface area (Å²) in [6.45, 7) is 1.36. The van der Waals surface area contributed by atoms with Crippen LogP contribution in [0.3, 0.4) is 0 Å².